The monoisotopic (exact) mass is 425 g/mol. The summed E-state index contributed by atoms with van der Waals surface area (Å²) in [6.07, 6.45) is -2.74. The summed E-state index contributed by atoms with van der Waals surface area (Å²) < 4.78 is 29.4. The molecule has 0 aromatic carbocycles. The maximum Gasteiger partial charge on any atom is 0.290 e. The first-order valence-electron chi connectivity index (χ1n) is 9.33. The van der Waals surface area contributed by atoms with Crippen LogP contribution in [0.25, 0.3) is 0 Å². The Hall–Kier alpha value is -0.830. The van der Waals surface area contributed by atoms with Crippen LogP contribution in [0.3, 0.4) is 0 Å². The minimum Gasteiger partial charge on any atom is -0.406 e. The van der Waals surface area contributed by atoms with Crippen LogP contribution in [-0.4, -0.2) is 94.2 Å². The highest BCUT2D eigenvalue weighted by Gasteiger charge is 2.49. The van der Waals surface area contributed by atoms with Crippen LogP contribution in [0, 0.1) is 0 Å². The molecule has 2 fully saturated rings. The van der Waals surface area contributed by atoms with Gasteiger partial charge in [-0.1, -0.05) is 18.6 Å². The number of likely N-dealkylation sites (tertiary alicyclic amines) is 1. The average Bonchev–Trinajstić information content (AvgIpc) is 3.09. The number of aliphatic hydroxyl groups is 4. The summed E-state index contributed by atoms with van der Waals surface area (Å²) in [5.41, 5.74) is 0. The van der Waals surface area contributed by atoms with Gasteiger partial charge in [0, 0.05) is 33.0 Å². The third-order valence-electron chi connectivity index (χ3n) is 4.93. The summed E-state index contributed by atoms with van der Waals surface area (Å²) in [5.74, 6) is 0.214. The van der Waals surface area contributed by atoms with Gasteiger partial charge in [-0.25, -0.2) is 0 Å². The molecule has 2 aliphatic heterocycles. The van der Waals surface area contributed by atoms with Gasteiger partial charge in [0.1, 0.15) is 29.7 Å². The summed E-state index contributed by atoms with van der Waals surface area (Å²) in [6.45, 7) is 6.17. The van der Waals surface area contributed by atoms with E-state index in [9.17, 15) is 28.8 Å². The second-order valence-corrected chi connectivity index (χ2v) is 8.79. The van der Waals surface area contributed by atoms with Gasteiger partial charge in [0.05, 0.1) is 0 Å². The summed E-state index contributed by atoms with van der Waals surface area (Å²) >= 11 is 0. The zero-order chi connectivity index (χ0) is 21.1. The lowest BCUT2D eigenvalue weighted by atomic mass is 10.2. The quantitative estimate of drug-likeness (QED) is 0.249. The topological polar surface area (TPSA) is 143 Å². The number of hydroxylamine groups is 4. The molecule has 12 heteroatoms. The van der Waals surface area contributed by atoms with Crippen molar-refractivity contribution >= 4 is 10.1 Å². The Morgan fingerprint density at radius 1 is 1.18 bits per heavy atom. The third kappa shape index (κ3) is 5.62. The van der Waals surface area contributed by atoms with Gasteiger partial charge in [-0.3, -0.25) is 4.90 Å². The highest BCUT2D eigenvalue weighted by molar-refractivity contribution is 7.87. The van der Waals surface area contributed by atoms with E-state index in [0.717, 1.165) is 10.1 Å². The van der Waals surface area contributed by atoms with Crippen molar-refractivity contribution in [2.75, 3.05) is 20.1 Å². The summed E-state index contributed by atoms with van der Waals surface area (Å²) in [6, 6.07) is 0. The van der Waals surface area contributed by atoms with Crippen LogP contribution < -0.4 is 0 Å². The molecule has 164 valence electrons. The van der Waals surface area contributed by atoms with Crippen molar-refractivity contribution in [1.29, 1.82) is 0 Å². The number of hydrogen-bond acceptors (Lipinski definition) is 11. The molecule has 0 spiro atoms. The number of allylic oxidation sites excluding steroid dienone is 1. The molecule has 0 bridgehead atoms. The molecule has 0 radical (unpaired) electrons. The van der Waals surface area contributed by atoms with E-state index < -0.39 is 40.3 Å². The van der Waals surface area contributed by atoms with Gasteiger partial charge in [0.25, 0.3) is 10.1 Å². The normalized spacial score (nSPS) is 32.3. The Labute approximate surface area is 165 Å². The first kappa shape index (κ1) is 23.4. The molecule has 0 aromatic heterocycles. The van der Waals surface area contributed by atoms with Crippen molar-refractivity contribution in [2.24, 2.45) is 0 Å². The largest absolute Gasteiger partial charge is 0.406 e. The number of hydrogen-bond donors (Lipinski definition) is 4. The lowest BCUT2D eigenvalue weighted by molar-refractivity contribution is -0.252. The van der Waals surface area contributed by atoms with E-state index in [1.165, 1.54) is 7.05 Å². The van der Waals surface area contributed by atoms with Gasteiger partial charge < -0.3 is 25.3 Å². The van der Waals surface area contributed by atoms with Crippen molar-refractivity contribution in [2.45, 2.75) is 69.2 Å². The van der Waals surface area contributed by atoms with Crippen LogP contribution in [-0.2, 0) is 19.2 Å². The Morgan fingerprint density at radius 2 is 1.79 bits per heavy atom. The molecule has 28 heavy (non-hydrogen) atoms. The van der Waals surface area contributed by atoms with Crippen molar-refractivity contribution < 1.29 is 38.0 Å². The number of nitrogens with zero attached hydrogens (tertiary/aromatic N) is 3. The standard InChI is InChI=1S/C16H31N3O8S/c1-4-17(3)27-28(24,25)12-10-15(22)19(16(12)23)26-11(2)6-5-9-18-13(20)7-8-14(18)21/h12-16,20-23H,2,4-10H2,1,3H3. The molecular weight excluding hydrogens is 394 g/mol. The minimum absolute atomic E-state index is 0.214. The van der Waals surface area contributed by atoms with E-state index in [1.54, 1.807) is 11.8 Å². The molecule has 5 unspecified atom stereocenters. The van der Waals surface area contributed by atoms with Gasteiger partial charge in [0.15, 0.2) is 6.23 Å². The lowest BCUT2D eigenvalue weighted by Crippen LogP contribution is -2.42. The van der Waals surface area contributed by atoms with E-state index in [0.29, 0.717) is 38.8 Å². The Kier molecular flexibility index (Phi) is 8.19. The summed E-state index contributed by atoms with van der Waals surface area (Å²) in [4.78, 5) is 6.94. The van der Waals surface area contributed by atoms with Crippen LogP contribution in [0.4, 0.5) is 0 Å². The smallest absolute Gasteiger partial charge is 0.290 e. The van der Waals surface area contributed by atoms with E-state index >= 15 is 0 Å². The van der Waals surface area contributed by atoms with Crippen molar-refractivity contribution in [3.8, 4) is 0 Å². The van der Waals surface area contributed by atoms with E-state index in [1.807, 2.05) is 0 Å². The molecule has 4 N–H and O–H groups in total. The Balaban J connectivity index is 1.85. The first-order valence-corrected chi connectivity index (χ1v) is 10.8. The van der Waals surface area contributed by atoms with E-state index in [-0.39, 0.29) is 12.2 Å². The van der Waals surface area contributed by atoms with Gasteiger partial charge in [-0.05, 0) is 19.3 Å². The van der Waals surface area contributed by atoms with Gasteiger partial charge in [-0.2, -0.15) is 17.8 Å². The van der Waals surface area contributed by atoms with E-state index in [4.69, 9.17) is 9.12 Å². The predicted molar refractivity (Wildman–Crippen MR) is 98.0 cm³/mol. The fourth-order valence-electron chi connectivity index (χ4n) is 3.22. The van der Waals surface area contributed by atoms with Gasteiger partial charge in [-0.15, -0.1) is 0 Å². The molecule has 2 saturated heterocycles. The summed E-state index contributed by atoms with van der Waals surface area (Å²) in [5, 5.41) is 40.5. The SMILES string of the molecule is C=C(CCCN1C(O)CCC1O)ON1C(O)CC(S(=O)(=O)ON(C)CC)C1O. The molecule has 11 nitrogen and oxygen atoms in total. The molecule has 0 aliphatic carbocycles. The van der Waals surface area contributed by atoms with Crippen molar-refractivity contribution in [3.05, 3.63) is 12.3 Å². The molecule has 0 amide bonds. The van der Waals surface area contributed by atoms with Crippen LogP contribution in [0.15, 0.2) is 12.3 Å². The number of rotatable bonds is 10. The second kappa shape index (κ2) is 9.78. The number of aliphatic hydroxyl groups excluding tert-OH is 4. The van der Waals surface area contributed by atoms with Crippen LogP contribution in [0.5, 0.6) is 0 Å². The van der Waals surface area contributed by atoms with Crippen molar-refractivity contribution in [1.82, 2.24) is 15.0 Å². The maximum atomic E-state index is 12.3. The van der Waals surface area contributed by atoms with Crippen molar-refractivity contribution in [3.63, 3.8) is 0 Å². The Morgan fingerprint density at radius 3 is 2.36 bits per heavy atom. The van der Waals surface area contributed by atoms with Crippen LogP contribution in [0.2, 0.25) is 0 Å². The minimum atomic E-state index is -4.16. The zero-order valence-corrected chi connectivity index (χ0v) is 17.0. The molecule has 0 aromatic rings. The third-order valence-corrected chi connectivity index (χ3v) is 6.57. The highest BCUT2D eigenvalue weighted by Crippen LogP contribution is 2.30. The summed E-state index contributed by atoms with van der Waals surface area (Å²) in [7, 11) is -2.72. The molecular formula is C16H31N3O8S. The highest BCUT2D eigenvalue weighted by atomic mass is 32.2. The predicted octanol–water partition coefficient (Wildman–Crippen LogP) is -1.13. The molecule has 2 aliphatic rings. The first-order chi connectivity index (χ1) is 13.1. The zero-order valence-electron chi connectivity index (χ0n) is 16.2. The molecule has 5 atom stereocenters. The molecule has 2 rings (SSSR count). The van der Waals surface area contributed by atoms with Crippen LogP contribution >= 0.6 is 0 Å². The molecule has 0 saturated carbocycles. The lowest BCUT2D eigenvalue weighted by Gasteiger charge is -2.27. The van der Waals surface area contributed by atoms with Crippen LogP contribution in [0.1, 0.15) is 39.0 Å². The average molecular weight is 426 g/mol. The Bertz CT molecular complexity index is 623. The van der Waals surface area contributed by atoms with Gasteiger partial charge >= 0.3 is 0 Å². The van der Waals surface area contributed by atoms with E-state index in [2.05, 4.69) is 6.58 Å². The fraction of sp³-hybridized carbons (Fsp3) is 0.875. The molecule has 2 heterocycles. The second-order valence-electron chi connectivity index (χ2n) is 7.05. The maximum absolute atomic E-state index is 12.3. The fourth-order valence-corrected chi connectivity index (χ4v) is 4.62. The van der Waals surface area contributed by atoms with Gasteiger partial charge in [0.2, 0.25) is 0 Å².